The Labute approximate surface area is 143 Å². The lowest BCUT2D eigenvalue weighted by molar-refractivity contribution is 0.307. The minimum absolute atomic E-state index is 0.370. The molecule has 1 saturated carbocycles. The highest BCUT2D eigenvalue weighted by atomic mass is 79.9. The molecule has 2 N–H and O–H groups in total. The number of hydrogen-bond donors (Lipinski definition) is 2. The Bertz CT molecular complexity index is 684. The van der Waals surface area contributed by atoms with Crippen LogP contribution in [0, 0.1) is 12.8 Å². The first-order chi connectivity index (χ1) is 10.7. The molecule has 1 aromatic heterocycles. The summed E-state index contributed by atoms with van der Waals surface area (Å²) < 4.78 is 1.10. The van der Waals surface area contributed by atoms with E-state index in [1.807, 2.05) is 11.3 Å². The van der Waals surface area contributed by atoms with Crippen LogP contribution in [0.2, 0.25) is 0 Å². The second-order valence-corrected chi connectivity index (χ2v) is 8.44. The predicted molar refractivity (Wildman–Crippen MR) is 94.7 cm³/mol. The smallest absolute Gasteiger partial charge is 0.112 e. The summed E-state index contributed by atoms with van der Waals surface area (Å²) >= 11 is 5.40. The van der Waals surface area contributed by atoms with Crippen molar-refractivity contribution < 1.29 is 0 Å². The van der Waals surface area contributed by atoms with E-state index in [2.05, 4.69) is 58.0 Å². The Kier molecular flexibility index (Phi) is 4.07. The number of hydrogen-bond acceptors (Lipinski definition) is 4. The summed E-state index contributed by atoms with van der Waals surface area (Å²) in [7, 11) is 0. The molecule has 2 heterocycles. The van der Waals surface area contributed by atoms with Crippen molar-refractivity contribution in [2.45, 2.75) is 44.7 Å². The Morgan fingerprint density at radius 3 is 2.95 bits per heavy atom. The molecule has 0 radical (unpaired) electrons. The number of aryl methyl sites for hydroxylation is 1. The summed E-state index contributed by atoms with van der Waals surface area (Å²) in [6.45, 7) is 2.18. The number of nitrogens with one attached hydrogen (secondary N) is 2. The first-order valence-electron chi connectivity index (χ1n) is 7.96. The highest BCUT2D eigenvalue weighted by Crippen LogP contribution is 2.41. The molecule has 5 heteroatoms. The number of thiazole rings is 1. The van der Waals surface area contributed by atoms with E-state index >= 15 is 0 Å². The van der Waals surface area contributed by atoms with Crippen LogP contribution in [0.25, 0.3) is 11.3 Å². The molecule has 4 rings (SSSR count). The minimum atomic E-state index is 0.370. The molecule has 1 aromatic carbocycles. The Morgan fingerprint density at radius 1 is 1.23 bits per heavy atom. The van der Waals surface area contributed by atoms with Crippen molar-refractivity contribution in [3.63, 3.8) is 0 Å². The van der Waals surface area contributed by atoms with Crippen molar-refractivity contribution in [2.24, 2.45) is 5.92 Å². The van der Waals surface area contributed by atoms with E-state index < -0.39 is 0 Å². The summed E-state index contributed by atoms with van der Waals surface area (Å²) in [5.74, 6) is 0.689. The van der Waals surface area contributed by atoms with Gasteiger partial charge in [-0.1, -0.05) is 40.9 Å². The van der Waals surface area contributed by atoms with Crippen molar-refractivity contribution in [1.29, 1.82) is 0 Å². The SMILES string of the molecule is Cc1sc(C2NNC3CCCCC32)nc1-c1cccc(Br)c1. The molecule has 0 amide bonds. The maximum absolute atomic E-state index is 4.99. The van der Waals surface area contributed by atoms with Gasteiger partial charge in [0.25, 0.3) is 0 Å². The van der Waals surface area contributed by atoms with Gasteiger partial charge in [0, 0.05) is 21.0 Å². The Hall–Kier alpha value is -0.750. The molecule has 3 nitrogen and oxygen atoms in total. The third-order valence-corrected chi connectivity index (χ3v) is 6.40. The van der Waals surface area contributed by atoms with Crippen LogP contribution in [0.3, 0.4) is 0 Å². The van der Waals surface area contributed by atoms with Crippen molar-refractivity contribution in [3.8, 4) is 11.3 Å². The van der Waals surface area contributed by atoms with Crippen LogP contribution in [-0.4, -0.2) is 11.0 Å². The number of nitrogens with zero attached hydrogens (tertiary/aromatic N) is 1. The zero-order valence-electron chi connectivity index (χ0n) is 12.6. The van der Waals surface area contributed by atoms with E-state index in [4.69, 9.17) is 4.98 Å². The van der Waals surface area contributed by atoms with E-state index in [0.717, 1.165) is 10.2 Å². The lowest BCUT2D eigenvalue weighted by Gasteiger charge is -2.26. The molecule has 1 saturated heterocycles. The fourth-order valence-corrected chi connectivity index (χ4v) is 5.21. The monoisotopic (exact) mass is 377 g/mol. The number of aromatic nitrogens is 1. The third kappa shape index (κ3) is 2.64. The lowest BCUT2D eigenvalue weighted by atomic mass is 9.82. The van der Waals surface area contributed by atoms with Crippen LogP contribution in [0.1, 0.15) is 41.6 Å². The van der Waals surface area contributed by atoms with Gasteiger partial charge in [-0.2, -0.15) is 0 Å². The fourth-order valence-electron chi connectivity index (χ4n) is 3.74. The van der Waals surface area contributed by atoms with Crippen LogP contribution in [0.15, 0.2) is 28.7 Å². The zero-order valence-corrected chi connectivity index (χ0v) is 15.0. The maximum Gasteiger partial charge on any atom is 0.112 e. The van der Waals surface area contributed by atoms with Gasteiger partial charge in [-0.05, 0) is 37.8 Å². The van der Waals surface area contributed by atoms with Gasteiger partial charge in [0.15, 0.2) is 0 Å². The molecule has 22 heavy (non-hydrogen) atoms. The van der Waals surface area contributed by atoms with Gasteiger partial charge < -0.3 is 0 Å². The largest absolute Gasteiger partial charge is 0.254 e. The van der Waals surface area contributed by atoms with Crippen molar-refractivity contribution in [2.75, 3.05) is 0 Å². The molecular weight excluding hydrogens is 358 g/mol. The van der Waals surface area contributed by atoms with Crippen LogP contribution in [0.4, 0.5) is 0 Å². The van der Waals surface area contributed by atoms with Gasteiger partial charge >= 0.3 is 0 Å². The molecule has 2 aliphatic rings. The predicted octanol–water partition coefficient (Wildman–Crippen LogP) is 4.59. The van der Waals surface area contributed by atoms with Crippen molar-refractivity contribution >= 4 is 27.3 Å². The first-order valence-corrected chi connectivity index (χ1v) is 9.57. The van der Waals surface area contributed by atoms with Crippen LogP contribution in [0.5, 0.6) is 0 Å². The summed E-state index contributed by atoms with van der Waals surface area (Å²) in [5.41, 5.74) is 9.32. The average Bonchev–Trinajstić information content (AvgIpc) is 3.10. The molecule has 1 aliphatic heterocycles. The zero-order chi connectivity index (χ0) is 15.1. The van der Waals surface area contributed by atoms with E-state index in [0.29, 0.717) is 18.0 Å². The van der Waals surface area contributed by atoms with E-state index in [1.165, 1.54) is 41.1 Å². The fraction of sp³-hybridized carbons (Fsp3) is 0.471. The van der Waals surface area contributed by atoms with Gasteiger partial charge in [0.2, 0.25) is 0 Å². The topological polar surface area (TPSA) is 37.0 Å². The van der Waals surface area contributed by atoms with Crippen molar-refractivity contribution in [1.82, 2.24) is 15.8 Å². The Morgan fingerprint density at radius 2 is 2.09 bits per heavy atom. The minimum Gasteiger partial charge on any atom is -0.254 e. The van der Waals surface area contributed by atoms with Crippen molar-refractivity contribution in [3.05, 3.63) is 38.6 Å². The van der Waals surface area contributed by atoms with Gasteiger partial charge in [0.05, 0.1) is 11.7 Å². The molecular formula is C17H20BrN3S. The average molecular weight is 378 g/mol. The molecule has 2 fully saturated rings. The summed E-state index contributed by atoms with van der Waals surface area (Å²) in [5, 5.41) is 1.23. The highest BCUT2D eigenvalue weighted by Gasteiger charge is 2.39. The van der Waals surface area contributed by atoms with Gasteiger partial charge in [-0.15, -0.1) is 11.3 Å². The number of halogens is 1. The summed E-state index contributed by atoms with van der Waals surface area (Å²) in [6.07, 6.45) is 5.30. The number of hydrazine groups is 1. The first kappa shape index (κ1) is 14.8. The summed E-state index contributed by atoms with van der Waals surface area (Å²) in [6, 6.07) is 9.41. The van der Waals surface area contributed by atoms with Gasteiger partial charge in [0.1, 0.15) is 5.01 Å². The molecule has 1 aliphatic carbocycles. The molecule has 3 unspecified atom stereocenters. The number of rotatable bonds is 2. The lowest BCUT2D eigenvalue weighted by Crippen LogP contribution is -2.33. The van der Waals surface area contributed by atoms with Crippen LogP contribution in [-0.2, 0) is 0 Å². The summed E-state index contributed by atoms with van der Waals surface area (Å²) in [4.78, 5) is 6.29. The van der Waals surface area contributed by atoms with Gasteiger partial charge in [-0.25, -0.2) is 10.4 Å². The van der Waals surface area contributed by atoms with E-state index in [9.17, 15) is 0 Å². The third-order valence-electron chi connectivity index (χ3n) is 4.85. The molecule has 0 bridgehead atoms. The van der Waals surface area contributed by atoms with E-state index in [1.54, 1.807) is 0 Å². The van der Waals surface area contributed by atoms with E-state index in [-0.39, 0.29) is 0 Å². The standard InChI is InChI=1S/C17H20BrN3S/c1-10-15(11-5-4-6-12(18)9-11)19-17(22-10)16-13-7-2-3-8-14(13)20-21-16/h4-6,9,13-14,16,20-21H,2-3,7-8H2,1H3. The molecule has 2 aromatic rings. The second-order valence-electron chi connectivity index (χ2n) is 6.29. The second kappa shape index (κ2) is 6.04. The van der Waals surface area contributed by atoms with Gasteiger partial charge in [-0.3, -0.25) is 5.43 Å². The Balaban J connectivity index is 1.65. The molecule has 0 spiro atoms. The normalized spacial score (nSPS) is 27.8. The number of fused-ring (bicyclic) bond motifs is 1. The number of benzene rings is 1. The highest BCUT2D eigenvalue weighted by molar-refractivity contribution is 9.10. The molecule has 3 atom stereocenters. The van der Waals surface area contributed by atoms with Crippen LogP contribution >= 0.6 is 27.3 Å². The molecule has 116 valence electrons. The maximum atomic E-state index is 4.99. The van der Waals surface area contributed by atoms with Crippen LogP contribution < -0.4 is 10.9 Å². The quantitative estimate of drug-likeness (QED) is 0.803.